The van der Waals surface area contributed by atoms with Gasteiger partial charge in [-0.05, 0) is 63.1 Å². The van der Waals surface area contributed by atoms with E-state index < -0.39 is 0 Å². The van der Waals surface area contributed by atoms with Crippen molar-refractivity contribution in [3.63, 3.8) is 0 Å². The van der Waals surface area contributed by atoms with Gasteiger partial charge in [0.15, 0.2) is 0 Å². The molecule has 0 bridgehead atoms. The Kier molecular flexibility index (Phi) is 7.14. The number of nitrogens with two attached hydrogens (primary N) is 1. The summed E-state index contributed by atoms with van der Waals surface area (Å²) < 4.78 is 0. The fourth-order valence-corrected chi connectivity index (χ4v) is 3.09. The summed E-state index contributed by atoms with van der Waals surface area (Å²) in [7, 11) is 0. The van der Waals surface area contributed by atoms with Crippen LogP contribution in [0.5, 0.6) is 0 Å². The molecule has 1 rings (SSSR count). The van der Waals surface area contributed by atoms with Gasteiger partial charge in [-0.25, -0.2) is 0 Å². The summed E-state index contributed by atoms with van der Waals surface area (Å²) in [6, 6.07) is 0. The highest BCUT2D eigenvalue weighted by atomic mass is 15.1. The average molecular weight is 240 g/mol. The van der Waals surface area contributed by atoms with E-state index in [0.29, 0.717) is 0 Å². The minimum atomic E-state index is 0.718. The molecule has 1 aliphatic heterocycles. The van der Waals surface area contributed by atoms with E-state index in [9.17, 15) is 0 Å². The zero-order valence-corrected chi connectivity index (χ0v) is 12.1. The van der Waals surface area contributed by atoms with Crippen LogP contribution in [0.1, 0.15) is 52.9 Å². The van der Waals surface area contributed by atoms with E-state index in [0.717, 1.165) is 24.3 Å². The van der Waals surface area contributed by atoms with Crippen LogP contribution < -0.4 is 5.73 Å². The zero-order valence-electron chi connectivity index (χ0n) is 12.1. The van der Waals surface area contributed by atoms with Gasteiger partial charge in [0.1, 0.15) is 0 Å². The SMILES string of the molecule is CCCC(CN)CN1CCCC(C(C)C)CC1. The van der Waals surface area contributed by atoms with Crippen molar-refractivity contribution < 1.29 is 0 Å². The van der Waals surface area contributed by atoms with E-state index in [1.165, 1.54) is 51.7 Å². The Hall–Kier alpha value is -0.0800. The van der Waals surface area contributed by atoms with Gasteiger partial charge in [-0.1, -0.05) is 27.2 Å². The highest BCUT2D eigenvalue weighted by Gasteiger charge is 2.20. The normalized spacial score (nSPS) is 24.9. The second-order valence-electron chi connectivity index (χ2n) is 6.13. The molecule has 102 valence electrons. The van der Waals surface area contributed by atoms with E-state index in [2.05, 4.69) is 25.7 Å². The van der Waals surface area contributed by atoms with Gasteiger partial charge in [0.25, 0.3) is 0 Å². The van der Waals surface area contributed by atoms with Gasteiger partial charge >= 0.3 is 0 Å². The minimum Gasteiger partial charge on any atom is -0.330 e. The van der Waals surface area contributed by atoms with Crippen molar-refractivity contribution in [2.24, 2.45) is 23.5 Å². The van der Waals surface area contributed by atoms with Crippen molar-refractivity contribution in [3.8, 4) is 0 Å². The van der Waals surface area contributed by atoms with Gasteiger partial charge < -0.3 is 10.6 Å². The molecule has 0 aliphatic carbocycles. The first kappa shape index (κ1) is 15.0. The van der Waals surface area contributed by atoms with Crippen LogP contribution in [0.2, 0.25) is 0 Å². The maximum Gasteiger partial charge on any atom is 0.00217 e. The second-order valence-corrected chi connectivity index (χ2v) is 6.13. The molecule has 1 saturated heterocycles. The standard InChI is InChI=1S/C15H32N2/c1-4-6-14(11-16)12-17-9-5-7-15(8-10-17)13(2)3/h13-15H,4-12,16H2,1-3H3. The quantitative estimate of drug-likeness (QED) is 0.773. The highest BCUT2D eigenvalue weighted by Crippen LogP contribution is 2.25. The van der Waals surface area contributed by atoms with Crippen LogP contribution in [0.3, 0.4) is 0 Å². The third-order valence-electron chi connectivity index (χ3n) is 4.35. The monoisotopic (exact) mass is 240 g/mol. The number of likely N-dealkylation sites (tertiary alicyclic amines) is 1. The minimum absolute atomic E-state index is 0.718. The van der Waals surface area contributed by atoms with Crippen LogP contribution in [-0.4, -0.2) is 31.1 Å². The van der Waals surface area contributed by atoms with E-state index in [1.54, 1.807) is 0 Å². The summed E-state index contributed by atoms with van der Waals surface area (Å²) in [5.41, 5.74) is 5.86. The van der Waals surface area contributed by atoms with Gasteiger partial charge in [-0.15, -0.1) is 0 Å². The lowest BCUT2D eigenvalue weighted by atomic mass is 9.89. The van der Waals surface area contributed by atoms with Crippen LogP contribution in [0.25, 0.3) is 0 Å². The summed E-state index contributed by atoms with van der Waals surface area (Å²) in [5.74, 6) is 2.52. The Morgan fingerprint density at radius 1 is 1.24 bits per heavy atom. The fourth-order valence-electron chi connectivity index (χ4n) is 3.09. The molecular weight excluding hydrogens is 208 g/mol. The van der Waals surface area contributed by atoms with Gasteiger partial charge in [-0.2, -0.15) is 0 Å². The third-order valence-corrected chi connectivity index (χ3v) is 4.35. The highest BCUT2D eigenvalue weighted by molar-refractivity contribution is 4.74. The Morgan fingerprint density at radius 2 is 2.00 bits per heavy atom. The molecular formula is C15H32N2. The van der Waals surface area contributed by atoms with Crippen molar-refractivity contribution in [2.45, 2.75) is 52.9 Å². The maximum atomic E-state index is 5.86. The summed E-state index contributed by atoms with van der Waals surface area (Å²) in [6.07, 6.45) is 6.76. The van der Waals surface area contributed by atoms with E-state index in [-0.39, 0.29) is 0 Å². The van der Waals surface area contributed by atoms with E-state index in [4.69, 9.17) is 5.73 Å². The molecule has 0 aromatic rings. The molecule has 0 aromatic heterocycles. The molecule has 1 heterocycles. The summed E-state index contributed by atoms with van der Waals surface area (Å²) in [6.45, 7) is 11.7. The molecule has 1 fully saturated rings. The zero-order chi connectivity index (χ0) is 12.7. The molecule has 2 unspecified atom stereocenters. The second kappa shape index (κ2) is 8.10. The molecule has 17 heavy (non-hydrogen) atoms. The third kappa shape index (κ3) is 5.39. The molecule has 0 saturated carbocycles. The molecule has 2 N–H and O–H groups in total. The van der Waals surface area contributed by atoms with Crippen LogP contribution in [0.4, 0.5) is 0 Å². The van der Waals surface area contributed by atoms with Gasteiger partial charge in [-0.3, -0.25) is 0 Å². The first-order chi connectivity index (χ1) is 8.17. The van der Waals surface area contributed by atoms with Crippen molar-refractivity contribution >= 4 is 0 Å². The molecule has 0 amide bonds. The number of hydrogen-bond acceptors (Lipinski definition) is 2. The van der Waals surface area contributed by atoms with Crippen molar-refractivity contribution in [1.29, 1.82) is 0 Å². The number of rotatable bonds is 6. The lowest BCUT2D eigenvalue weighted by Gasteiger charge is -2.25. The smallest absolute Gasteiger partial charge is 0.00217 e. The number of nitrogens with zero attached hydrogens (tertiary/aromatic N) is 1. The maximum absolute atomic E-state index is 5.86. The Bertz CT molecular complexity index is 191. The Balaban J connectivity index is 2.35. The Labute approximate surface area is 108 Å². The fraction of sp³-hybridized carbons (Fsp3) is 1.00. The predicted octanol–water partition coefficient (Wildman–Crippen LogP) is 3.12. The summed E-state index contributed by atoms with van der Waals surface area (Å²) in [5, 5.41) is 0. The molecule has 2 nitrogen and oxygen atoms in total. The molecule has 0 radical (unpaired) electrons. The van der Waals surface area contributed by atoms with Gasteiger partial charge in [0.2, 0.25) is 0 Å². The number of hydrogen-bond donors (Lipinski definition) is 1. The van der Waals surface area contributed by atoms with Gasteiger partial charge in [0, 0.05) is 6.54 Å². The molecule has 1 aliphatic rings. The first-order valence-electron chi connectivity index (χ1n) is 7.59. The van der Waals surface area contributed by atoms with Gasteiger partial charge in [0.05, 0.1) is 0 Å². The Morgan fingerprint density at radius 3 is 2.59 bits per heavy atom. The molecule has 2 atom stereocenters. The largest absolute Gasteiger partial charge is 0.330 e. The molecule has 0 aromatic carbocycles. The van der Waals surface area contributed by atoms with Crippen LogP contribution >= 0.6 is 0 Å². The van der Waals surface area contributed by atoms with Crippen molar-refractivity contribution in [1.82, 2.24) is 4.90 Å². The van der Waals surface area contributed by atoms with Crippen LogP contribution in [-0.2, 0) is 0 Å². The van der Waals surface area contributed by atoms with Crippen LogP contribution in [0.15, 0.2) is 0 Å². The average Bonchev–Trinajstić information content (AvgIpc) is 2.54. The lowest BCUT2D eigenvalue weighted by molar-refractivity contribution is 0.227. The summed E-state index contributed by atoms with van der Waals surface area (Å²) in [4.78, 5) is 2.66. The van der Waals surface area contributed by atoms with Crippen LogP contribution in [0, 0.1) is 17.8 Å². The van der Waals surface area contributed by atoms with E-state index >= 15 is 0 Å². The summed E-state index contributed by atoms with van der Waals surface area (Å²) >= 11 is 0. The lowest BCUT2D eigenvalue weighted by Crippen LogP contribution is -2.33. The molecule has 2 heteroatoms. The predicted molar refractivity (Wildman–Crippen MR) is 76.1 cm³/mol. The molecule has 0 spiro atoms. The van der Waals surface area contributed by atoms with Crippen molar-refractivity contribution in [2.75, 3.05) is 26.2 Å². The topological polar surface area (TPSA) is 29.3 Å². The van der Waals surface area contributed by atoms with E-state index in [1.807, 2.05) is 0 Å². The first-order valence-corrected chi connectivity index (χ1v) is 7.59. The van der Waals surface area contributed by atoms with Crippen molar-refractivity contribution in [3.05, 3.63) is 0 Å².